The molecule has 0 fully saturated rings. The van der Waals surface area contributed by atoms with Gasteiger partial charge in [0.2, 0.25) is 0 Å². The van der Waals surface area contributed by atoms with Gasteiger partial charge in [0.15, 0.2) is 0 Å². The Hall–Kier alpha value is 0.330. The molecule has 0 saturated heterocycles. The molecule has 0 aromatic rings. The van der Waals surface area contributed by atoms with Gasteiger partial charge in [-0.05, 0) is 24.2 Å². The van der Waals surface area contributed by atoms with Crippen molar-refractivity contribution in [1.82, 2.24) is 0 Å². The summed E-state index contributed by atoms with van der Waals surface area (Å²) in [7, 11) is -1.66. The molecule has 0 aliphatic rings. The van der Waals surface area contributed by atoms with Crippen LogP contribution in [0.2, 0.25) is 0 Å². The Kier molecular flexibility index (Phi) is 34.8. The molecule has 0 aliphatic heterocycles. The Bertz CT molecular complexity index is 481. The third-order valence-electron chi connectivity index (χ3n) is 7.40. The van der Waals surface area contributed by atoms with Gasteiger partial charge in [-0.15, -0.1) is 0 Å². The maximum absolute atomic E-state index is 11.9. The van der Waals surface area contributed by atoms with Crippen molar-refractivity contribution in [3.63, 3.8) is 0 Å². The summed E-state index contributed by atoms with van der Waals surface area (Å²) in [5, 5.41) is 0. The number of hydrogen-bond acceptors (Lipinski definition) is 5. The van der Waals surface area contributed by atoms with Gasteiger partial charge < -0.3 is 9.47 Å². The van der Waals surface area contributed by atoms with Gasteiger partial charge in [0.05, 0.1) is 13.2 Å². The average molecular weight is 592 g/mol. The Labute approximate surface area is 249 Å². The third kappa shape index (κ3) is 32.7. The van der Waals surface area contributed by atoms with Crippen LogP contribution in [0.25, 0.3) is 0 Å². The molecule has 0 amide bonds. The van der Waals surface area contributed by atoms with E-state index in [0.717, 1.165) is 31.8 Å². The van der Waals surface area contributed by atoms with Crippen LogP contribution >= 0.6 is 18.6 Å². The number of unbranched alkanes of at least 4 members (excludes halogenated alkanes) is 22. The zero-order chi connectivity index (χ0) is 28.5. The molecule has 4 nitrogen and oxygen atoms in total. The molecule has 0 aliphatic carbocycles. The molecule has 0 N–H and O–H groups in total. The van der Waals surface area contributed by atoms with E-state index in [1.165, 1.54) is 153 Å². The smallest absolute Gasteiger partial charge is 0.277 e. The second-order valence-corrected chi connectivity index (χ2v) is 14.5. The van der Waals surface area contributed by atoms with Crippen LogP contribution in [0, 0.1) is 0 Å². The minimum Gasteiger partial charge on any atom is -0.379 e. The fourth-order valence-corrected chi connectivity index (χ4v) is 6.50. The fraction of sp³-hybridized carbons (Fsp3) is 1.00. The lowest BCUT2D eigenvalue weighted by atomic mass is 10.1. The van der Waals surface area contributed by atoms with Crippen molar-refractivity contribution >= 4 is 18.6 Å². The highest BCUT2D eigenvalue weighted by Crippen LogP contribution is 2.38. The van der Waals surface area contributed by atoms with Crippen molar-refractivity contribution in [2.45, 2.75) is 181 Å². The maximum Gasteiger partial charge on any atom is 0.277 e. The maximum atomic E-state index is 11.9. The Morgan fingerprint density at radius 1 is 0.513 bits per heavy atom. The van der Waals surface area contributed by atoms with E-state index < -0.39 is 7.23 Å². The molecule has 2 atom stereocenters. The molecule has 0 rings (SSSR count). The van der Waals surface area contributed by atoms with Gasteiger partial charge in [0.25, 0.3) is 7.23 Å². The molecule has 6 heteroatoms. The van der Waals surface area contributed by atoms with Crippen LogP contribution in [0.1, 0.15) is 175 Å². The number of hydrogen-bond donors (Lipinski definition) is 0. The highest BCUT2D eigenvalue weighted by Gasteiger charge is 2.13. The first-order valence-corrected chi connectivity index (χ1v) is 19.9. The van der Waals surface area contributed by atoms with Gasteiger partial charge in [-0.25, -0.2) is 4.57 Å². The molecule has 0 aromatic carbocycles. The number of ether oxygens (including phenoxy) is 2. The van der Waals surface area contributed by atoms with Gasteiger partial charge in [-0.2, -0.15) is 0 Å². The van der Waals surface area contributed by atoms with Gasteiger partial charge in [-0.1, -0.05) is 162 Å². The zero-order valence-corrected chi connectivity index (χ0v) is 28.3. The van der Waals surface area contributed by atoms with Crippen LogP contribution in [-0.4, -0.2) is 38.3 Å². The van der Waals surface area contributed by atoms with E-state index in [0.29, 0.717) is 13.2 Å². The predicted molar refractivity (Wildman–Crippen MR) is 174 cm³/mol. The molecule has 2 unspecified atom stereocenters. The van der Waals surface area contributed by atoms with Crippen molar-refractivity contribution < 1.29 is 18.6 Å². The summed E-state index contributed by atoms with van der Waals surface area (Å²) in [6.45, 7) is 8.99. The first-order chi connectivity index (χ1) is 19.2. The van der Waals surface area contributed by atoms with E-state index in [1.807, 2.05) is 6.92 Å². The Balaban J connectivity index is 3.75. The second-order valence-electron chi connectivity index (χ2n) is 11.3. The predicted octanol–water partition coefficient (Wildman–Crippen LogP) is 12.2. The normalized spacial score (nSPS) is 12.7. The summed E-state index contributed by atoms with van der Waals surface area (Å²) in [6, 6.07) is 0. The lowest BCUT2D eigenvalue weighted by molar-refractivity contribution is -0.0373. The topological polar surface area (TPSA) is 44.8 Å². The average Bonchev–Trinajstić information content (AvgIpc) is 2.94. The first kappa shape index (κ1) is 39.3. The van der Waals surface area contributed by atoms with Gasteiger partial charge >= 0.3 is 0 Å². The molecule has 39 heavy (non-hydrogen) atoms. The zero-order valence-electron chi connectivity index (χ0n) is 26.6. The molecule has 0 aromatic heterocycles. The molecule has 235 valence electrons. The van der Waals surface area contributed by atoms with E-state index in [2.05, 4.69) is 13.8 Å². The summed E-state index contributed by atoms with van der Waals surface area (Å²) in [4.78, 5) is 0. The lowest BCUT2D eigenvalue weighted by Gasteiger charge is -2.18. The van der Waals surface area contributed by atoms with Crippen LogP contribution in [-0.2, 0) is 18.6 Å². The van der Waals surface area contributed by atoms with Crippen molar-refractivity contribution in [1.29, 1.82) is 0 Å². The van der Waals surface area contributed by atoms with Crippen LogP contribution in [0.3, 0.4) is 0 Å². The van der Waals surface area contributed by atoms with E-state index in [9.17, 15) is 4.57 Å². The monoisotopic (exact) mass is 591 g/mol. The SMILES string of the molecule is CCCCCCCCCCCCCCOCC(CO[P](=O)SCC)OCCCCCCCCCCCCCC. The molecule has 0 bridgehead atoms. The lowest BCUT2D eigenvalue weighted by Crippen LogP contribution is -2.25. The largest absolute Gasteiger partial charge is 0.379 e. The molecule has 1 radical (unpaired) electrons. The minimum atomic E-state index is -1.66. The van der Waals surface area contributed by atoms with E-state index in [1.54, 1.807) is 0 Å². The Morgan fingerprint density at radius 3 is 1.31 bits per heavy atom. The summed E-state index contributed by atoms with van der Waals surface area (Å²) < 4.78 is 29.5. The summed E-state index contributed by atoms with van der Waals surface area (Å²) in [5.41, 5.74) is 0. The van der Waals surface area contributed by atoms with Crippen LogP contribution in [0.5, 0.6) is 0 Å². The van der Waals surface area contributed by atoms with Crippen molar-refractivity contribution in [2.75, 3.05) is 32.2 Å². The standard InChI is InChI=1S/C33H68O4PS/c1-4-7-9-11-13-15-17-19-21-23-25-27-29-35-31-33(32-37-38(34)39-6-3)36-30-28-26-24-22-20-18-16-14-12-10-8-5-2/h33H,4-32H2,1-3H3. The van der Waals surface area contributed by atoms with Crippen molar-refractivity contribution in [2.24, 2.45) is 0 Å². The van der Waals surface area contributed by atoms with Crippen molar-refractivity contribution in [3.05, 3.63) is 0 Å². The van der Waals surface area contributed by atoms with Gasteiger partial charge in [0.1, 0.15) is 6.10 Å². The molecular weight excluding hydrogens is 523 g/mol. The first-order valence-electron chi connectivity index (χ1n) is 17.2. The van der Waals surface area contributed by atoms with E-state index >= 15 is 0 Å². The summed E-state index contributed by atoms with van der Waals surface area (Å²) in [6.07, 6.45) is 32.2. The third-order valence-corrected chi connectivity index (χ3v) is 9.95. The Morgan fingerprint density at radius 2 is 0.897 bits per heavy atom. The van der Waals surface area contributed by atoms with Crippen LogP contribution in [0.15, 0.2) is 0 Å². The molecule has 0 heterocycles. The van der Waals surface area contributed by atoms with E-state index in [4.69, 9.17) is 14.0 Å². The molecule has 0 saturated carbocycles. The molecule has 0 spiro atoms. The quantitative estimate of drug-likeness (QED) is 0.0550. The highest BCUT2D eigenvalue weighted by molar-refractivity contribution is 8.50. The van der Waals surface area contributed by atoms with Crippen LogP contribution < -0.4 is 0 Å². The summed E-state index contributed by atoms with van der Waals surface area (Å²) in [5.74, 6) is 0.801. The van der Waals surface area contributed by atoms with Crippen molar-refractivity contribution in [3.8, 4) is 0 Å². The second kappa shape index (κ2) is 34.5. The minimum absolute atomic E-state index is 0.119. The van der Waals surface area contributed by atoms with Crippen LogP contribution in [0.4, 0.5) is 0 Å². The van der Waals surface area contributed by atoms with Gasteiger partial charge in [-0.3, -0.25) is 4.52 Å². The highest BCUT2D eigenvalue weighted by atomic mass is 32.7. The summed E-state index contributed by atoms with van der Waals surface area (Å²) >= 11 is 1.36. The van der Waals surface area contributed by atoms with E-state index in [-0.39, 0.29) is 6.10 Å². The molecular formula is C33H68O4PS. The fourth-order valence-electron chi connectivity index (χ4n) is 4.88. The number of rotatable bonds is 34. The van der Waals surface area contributed by atoms with Gasteiger partial charge in [0, 0.05) is 19.0 Å².